The number of non-ortho nitro benzene ring substituents is 1. The third-order valence-electron chi connectivity index (χ3n) is 2.94. The number of nitro benzene ring substituents is 1. The largest absolute Gasteiger partial charge is 0.315 e. The lowest BCUT2D eigenvalue weighted by Gasteiger charge is -2.07. The Kier molecular flexibility index (Phi) is 5.19. The maximum atomic E-state index is 10.7. The molecule has 0 aliphatic heterocycles. The Morgan fingerprint density at radius 1 is 1.43 bits per heavy atom. The smallest absolute Gasteiger partial charge is 0.270 e. The summed E-state index contributed by atoms with van der Waals surface area (Å²) < 4.78 is 2.08. The maximum Gasteiger partial charge on any atom is 0.270 e. The fourth-order valence-electron chi connectivity index (χ4n) is 1.91. The minimum Gasteiger partial charge on any atom is -0.315 e. The Labute approximate surface area is 131 Å². The summed E-state index contributed by atoms with van der Waals surface area (Å²) in [4.78, 5) is 11.0. The number of thioether (sulfide) groups is 1. The molecule has 112 valence electrons. The molecule has 6 nitrogen and oxygen atoms in total. The van der Waals surface area contributed by atoms with Gasteiger partial charge in [0.2, 0.25) is 0 Å². The molecule has 8 heteroatoms. The second-order valence-corrected chi connectivity index (χ2v) is 5.90. The summed E-state index contributed by atoms with van der Waals surface area (Å²) >= 11 is 7.57. The average molecular weight is 327 g/mol. The molecule has 2 aromatic rings. The molecule has 0 saturated carbocycles. The van der Waals surface area contributed by atoms with Gasteiger partial charge in [-0.1, -0.05) is 18.5 Å². The number of hydrogen-bond donors (Lipinski definition) is 0. The van der Waals surface area contributed by atoms with E-state index in [0.29, 0.717) is 10.8 Å². The van der Waals surface area contributed by atoms with Crippen LogP contribution in [0.5, 0.6) is 0 Å². The first-order chi connectivity index (χ1) is 10.0. The minimum absolute atomic E-state index is 0.00524. The highest BCUT2D eigenvalue weighted by atomic mass is 35.5. The van der Waals surface area contributed by atoms with Gasteiger partial charge in [-0.05, 0) is 19.4 Å². The lowest BCUT2D eigenvalue weighted by molar-refractivity contribution is -0.384. The molecule has 0 bridgehead atoms. The molecule has 0 N–H and O–H groups in total. The zero-order chi connectivity index (χ0) is 15.4. The Morgan fingerprint density at radius 3 is 2.81 bits per heavy atom. The second-order valence-electron chi connectivity index (χ2n) is 4.48. The van der Waals surface area contributed by atoms with Crippen molar-refractivity contribution in [2.75, 3.05) is 0 Å². The van der Waals surface area contributed by atoms with Crippen molar-refractivity contribution in [3.05, 3.63) is 45.0 Å². The van der Waals surface area contributed by atoms with E-state index < -0.39 is 4.92 Å². The van der Waals surface area contributed by atoms with Crippen molar-refractivity contribution in [1.29, 1.82) is 0 Å². The second kappa shape index (κ2) is 6.91. The van der Waals surface area contributed by atoms with Crippen molar-refractivity contribution < 1.29 is 4.92 Å². The van der Waals surface area contributed by atoms with Crippen LogP contribution in [-0.4, -0.2) is 19.7 Å². The van der Waals surface area contributed by atoms with Gasteiger partial charge in [0.05, 0.1) is 15.7 Å². The van der Waals surface area contributed by atoms with Crippen LogP contribution in [0.2, 0.25) is 5.02 Å². The molecule has 21 heavy (non-hydrogen) atoms. The number of rotatable bonds is 6. The summed E-state index contributed by atoms with van der Waals surface area (Å²) in [5, 5.41) is 19.3. The monoisotopic (exact) mass is 326 g/mol. The van der Waals surface area contributed by atoms with E-state index in [9.17, 15) is 10.1 Å². The van der Waals surface area contributed by atoms with Gasteiger partial charge >= 0.3 is 0 Å². The molecule has 1 aromatic carbocycles. The van der Waals surface area contributed by atoms with Crippen LogP contribution < -0.4 is 0 Å². The molecule has 0 aliphatic carbocycles. The number of benzene rings is 1. The van der Waals surface area contributed by atoms with Gasteiger partial charge in [-0.2, -0.15) is 0 Å². The number of nitro groups is 1. The van der Waals surface area contributed by atoms with Crippen LogP contribution in [0.3, 0.4) is 0 Å². The lowest BCUT2D eigenvalue weighted by Crippen LogP contribution is -2.04. The fourth-order valence-corrected chi connectivity index (χ4v) is 3.11. The molecule has 0 aliphatic rings. The SMILES string of the molecule is CCCn1c(C)nnc1CSc1ccc([N+](=O)[O-])cc1Cl. The van der Waals surface area contributed by atoms with Crippen molar-refractivity contribution in [2.24, 2.45) is 0 Å². The molecule has 0 atom stereocenters. The van der Waals surface area contributed by atoms with Crippen molar-refractivity contribution in [3.8, 4) is 0 Å². The van der Waals surface area contributed by atoms with Crippen molar-refractivity contribution in [3.63, 3.8) is 0 Å². The van der Waals surface area contributed by atoms with Crippen LogP contribution in [-0.2, 0) is 12.3 Å². The number of aromatic nitrogens is 3. The standard InChI is InChI=1S/C13H15ClN4O2S/c1-3-6-17-9(2)15-16-13(17)8-21-12-5-4-10(18(19)20)7-11(12)14/h4-5,7H,3,6,8H2,1-2H3. The van der Waals surface area contributed by atoms with E-state index in [0.717, 1.165) is 29.5 Å². The van der Waals surface area contributed by atoms with Gasteiger partial charge in [0, 0.05) is 23.6 Å². The third-order valence-corrected chi connectivity index (χ3v) is 4.44. The number of halogens is 1. The number of hydrogen-bond acceptors (Lipinski definition) is 5. The molecule has 0 amide bonds. The van der Waals surface area contributed by atoms with Crippen LogP contribution in [0.15, 0.2) is 23.1 Å². The van der Waals surface area contributed by atoms with Gasteiger partial charge in [0.15, 0.2) is 0 Å². The van der Waals surface area contributed by atoms with Crippen molar-refractivity contribution >= 4 is 29.1 Å². The summed E-state index contributed by atoms with van der Waals surface area (Å²) in [6.07, 6.45) is 1.01. The predicted molar refractivity (Wildman–Crippen MR) is 82.7 cm³/mol. The Hall–Kier alpha value is -1.60. The van der Waals surface area contributed by atoms with E-state index >= 15 is 0 Å². The normalized spacial score (nSPS) is 10.8. The predicted octanol–water partition coefficient (Wildman–Crippen LogP) is 3.85. The number of nitrogens with zero attached hydrogens (tertiary/aromatic N) is 4. The molecule has 0 saturated heterocycles. The summed E-state index contributed by atoms with van der Waals surface area (Å²) in [7, 11) is 0. The van der Waals surface area contributed by atoms with Gasteiger partial charge in [0.1, 0.15) is 11.6 Å². The zero-order valence-corrected chi connectivity index (χ0v) is 13.3. The van der Waals surface area contributed by atoms with Crippen LogP contribution in [0, 0.1) is 17.0 Å². The van der Waals surface area contributed by atoms with Gasteiger partial charge < -0.3 is 4.57 Å². The molecule has 1 aromatic heterocycles. The maximum absolute atomic E-state index is 10.7. The summed E-state index contributed by atoms with van der Waals surface area (Å²) in [5.41, 5.74) is -0.00524. The first-order valence-corrected chi connectivity index (χ1v) is 7.84. The molecule has 1 heterocycles. The van der Waals surface area contributed by atoms with E-state index in [2.05, 4.69) is 21.7 Å². The van der Waals surface area contributed by atoms with E-state index in [1.807, 2.05) is 6.92 Å². The first-order valence-electron chi connectivity index (χ1n) is 6.48. The van der Waals surface area contributed by atoms with Gasteiger partial charge in [0.25, 0.3) is 5.69 Å². The molecule has 0 fully saturated rings. The van der Waals surface area contributed by atoms with Crippen molar-refractivity contribution in [2.45, 2.75) is 37.5 Å². The zero-order valence-electron chi connectivity index (χ0n) is 11.7. The van der Waals surface area contributed by atoms with Crippen LogP contribution >= 0.6 is 23.4 Å². The van der Waals surface area contributed by atoms with E-state index in [-0.39, 0.29) is 5.69 Å². The van der Waals surface area contributed by atoms with Gasteiger partial charge in [-0.3, -0.25) is 10.1 Å². The first kappa shape index (κ1) is 15.8. The molecule has 0 spiro atoms. The lowest BCUT2D eigenvalue weighted by atomic mass is 10.3. The third kappa shape index (κ3) is 3.74. The van der Waals surface area contributed by atoms with Crippen LogP contribution in [0.25, 0.3) is 0 Å². The van der Waals surface area contributed by atoms with Crippen molar-refractivity contribution in [1.82, 2.24) is 14.8 Å². The summed E-state index contributed by atoms with van der Waals surface area (Å²) in [6.45, 7) is 4.90. The quantitative estimate of drug-likeness (QED) is 0.458. The molecular weight excluding hydrogens is 312 g/mol. The summed E-state index contributed by atoms with van der Waals surface area (Å²) in [6, 6.07) is 4.49. The molecule has 0 unspecified atom stereocenters. The van der Waals surface area contributed by atoms with Crippen LogP contribution in [0.1, 0.15) is 25.0 Å². The fraction of sp³-hybridized carbons (Fsp3) is 0.385. The molecular formula is C13H15ClN4O2S. The van der Waals surface area contributed by atoms with Crippen LogP contribution in [0.4, 0.5) is 5.69 Å². The average Bonchev–Trinajstić information content (AvgIpc) is 2.79. The summed E-state index contributed by atoms with van der Waals surface area (Å²) in [5.74, 6) is 2.40. The minimum atomic E-state index is -0.457. The Morgan fingerprint density at radius 2 is 2.19 bits per heavy atom. The van der Waals surface area contributed by atoms with E-state index in [4.69, 9.17) is 11.6 Å². The topological polar surface area (TPSA) is 73.8 Å². The van der Waals surface area contributed by atoms with Gasteiger partial charge in [-0.25, -0.2) is 0 Å². The Balaban J connectivity index is 2.11. The number of aryl methyl sites for hydroxylation is 1. The highest BCUT2D eigenvalue weighted by molar-refractivity contribution is 7.98. The highest BCUT2D eigenvalue weighted by Crippen LogP contribution is 2.32. The van der Waals surface area contributed by atoms with E-state index in [1.54, 1.807) is 6.07 Å². The highest BCUT2D eigenvalue weighted by Gasteiger charge is 2.12. The Bertz CT molecular complexity index is 660. The molecule has 2 rings (SSSR count). The van der Waals surface area contributed by atoms with Gasteiger partial charge in [-0.15, -0.1) is 22.0 Å². The molecule has 0 radical (unpaired) electrons. The van der Waals surface area contributed by atoms with E-state index in [1.165, 1.54) is 23.9 Å².